The predicted molar refractivity (Wildman–Crippen MR) is 117 cm³/mol. The zero-order valence-electron chi connectivity index (χ0n) is 18.2. The fourth-order valence-electron chi connectivity index (χ4n) is 4.68. The summed E-state index contributed by atoms with van der Waals surface area (Å²) in [6.45, 7) is 9.81. The van der Waals surface area contributed by atoms with E-state index in [1.54, 1.807) is 4.68 Å². The Kier molecular flexibility index (Phi) is 6.32. The Balaban J connectivity index is 1.34. The minimum atomic E-state index is -0.123. The summed E-state index contributed by atoms with van der Waals surface area (Å²) in [6, 6.07) is 10.1. The molecule has 1 N–H and O–H groups in total. The first-order chi connectivity index (χ1) is 14.5. The first-order valence-corrected chi connectivity index (χ1v) is 11.2. The topological polar surface area (TPSA) is 79.2 Å². The summed E-state index contributed by atoms with van der Waals surface area (Å²) in [7, 11) is 0. The zero-order valence-corrected chi connectivity index (χ0v) is 18.2. The molecular formula is C22H33N7O. The second kappa shape index (κ2) is 9.12. The number of hydrogen-bond donors (Lipinski definition) is 1. The molecule has 1 aromatic heterocycles. The number of amides is 1. The highest BCUT2D eigenvalue weighted by molar-refractivity contribution is 5.81. The molecule has 1 aliphatic carbocycles. The van der Waals surface area contributed by atoms with Gasteiger partial charge in [-0.1, -0.05) is 50.0 Å². The first-order valence-electron chi connectivity index (χ1n) is 11.2. The average molecular weight is 412 g/mol. The Labute approximate surface area is 178 Å². The quantitative estimate of drug-likeness (QED) is 0.812. The molecule has 2 fully saturated rings. The summed E-state index contributed by atoms with van der Waals surface area (Å²) in [5, 5.41) is 15.6. The van der Waals surface area contributed by atoms with Gasteiger partial charge in [-0.3, -0.25) is 9.69 Å². The molecule has 4 unspecified atom stereocenters. The summed E-state index contributed by atoms with van der Waals surface area (Å²) < 4.78 is 1.78. The van der Waals surface area contributed by atoms with Crippen molar-refractivity contribution in [3.8, 4) is 5.69 Å². The molecule has 2 aliphatic rings. The zero-order chi connectivity index (χ0) is 21.1. The van der Waals surface area contributed by atoms with Crippen LogP contribution in [0.1, 0.15) is 40.0 Å². The summed E-state index contributed by atoms with van der Waals surface area (Å²) >= 11 is 0. The molecule has 0 bridgehead atoms. The SMILES string of the molecule is CC1CCCC(NC(=O)C(C)N2CCN(c3nnnn3-c3ccccc3)CC2)C1C. The Morgan fingerprint density at radius 2 is 1.83 bits per heavy atom. The molecule has 2 aromatic rings. The van der Waals surface area contributed by atoms with E-state index in [0.29, 0.717) is 17.9 Å². The van der Waals surface area contributed by atoms with Gasteiger partial charge in [0, 0.05) is 32.2 Å². The van der Waals surface area contributed by atoms with E-state index in [0.717, 1.165) is 44.2 Å². The third-order valence-corrected chi connectivity index (χ3v) is 7.01. The summed E-state index contributed by atoms with van der Waals surface area (Å²) in [5.74, 6) is 2.13. The highest BCUT2D eigenvalue weighted by atomic mass is 16.2. The average Bonchev–Trinajstić information content (AvgIpc) is 3.27. The molecule has 8 heteroatoms. The van der Waals surface area contributed by atoms with E-state index in [-0.39, 0.29) is 11.9 Å². The summed E-state index contributed by atoms with van der Waals surface area (Å²) in [6.07, 6.45) is 3.58. The fraction of sp³-hybridized carbons (Fsp3) is 0.636. The highest BCUT2D eigenvalue weighted by Gasteiger charge is 2.32. The van der Waals surface area contributed by atoms with Gasteiger partial charge < -0.3 is 10.2 Å². The number of piperazine rings is 1. The van der Waals surface area contributed by atoms with Crippen LogP contribution in [-0.4, -0.2) is 69.3 Å². The van der Waals surface area contributed by atoms with E-state index in [1.165, 1.54) is 12.8 Å². The standard InChI is InChI=1S/C22H33N7O/c1-16-8-7-11-20(17(16)2)23-21(30)18(3)27-12-14-28(15-13-27)22-24-25-26-29(22)19-9-5-4-6-10-19/h4-6,9-10,16-18,20H,7-8,11-15H2,1-3H3,(H,23,30). The number of nitrogens with one attached hydrogen (secondary N) is 1. The molecule has 4 atom stereocenters. The van der Waals surface area contributed by atoms with E-state index >= 15 is 0 Å². The van der Waals surface area contributed by atoms with E-state index in [4.69, 9.17) is 0 Å². The minimum Gasteiger partial charge on any atom is -0.352 e. The van der Waals surface area contributed by atoms with Crippen LogP contribution in [0.5, 0.6) is 0 Å². The number of rotatable bonds is 5. The van der Waals surface area contributed by atoms with Crippen molar-refractivity contribution < 1.29 is 4.79 Å². The lowest BCUT2D eigenvalue weighted by Crippen LogP contribution is -2.56. The molecule has 4 rings (SSSR count). The Hall–Kier alpha value is -2.48. The largest absolute Gasteiger partial charge is 0.352 e. The molecular weight excluding hydrogens is 378 g/mol. The molecule has 2 heterocycles. The number of benzene rings is 1. The van der Waals surface area contributed by atoms with Gasteiger partial charge in [-0.15, -0.1) is 0 Å². The number of tetrazole rings is 1. The molecule has 1 saturated carbocycles. The second-order valence-corrected chi connectivity index (χ2v) is 8.81. The molecule has 1 amide bonds. The lowest BCUT2D eigenvalue weighted by molar-refractivity contribution is -0.127. The fourth-order valence-corrected chi connectivity index (χ4v) is 4.68. The molecule has 162 valence electrons. The maximum Gasteiger partial charge on any atom is 0.250 e. The molecule has 0 spiro atoms. The van der Waals surface area contributed by atoms with Gasteiger partial charge >= 0.3 is 0 Å². The van der Waals surface area contributed by atoms with Crippen LogP contribution in [0.4, 0.5) is 5.95 Å². The number of hydrogen-bond acceptors (Lipinski definition) is 6. The normalized spacial score (nSPS) is 26.4. The van der Waals surface area contributed by atoms with Gasteiger partial charge in [-0.05, 0) is 47.7 Å². The molecule has 1 aromatic carbocycles. The van der Waals surface area contributed by atoms with Crippen molar-refractivity contribution in [1.82, 2.24) is 30.4 Å². The monoisotopic (exact) mass is 411 g/mol. The highest BCUT2D eigenvalue weighted by Crippen LogP contribution is 2.29. The van der Waals surface area contributed by atoms with Crippen LogP contribution in [0.3, 0.4) is 0 Å². The van der Waals surface area contributed by atoms with Gasteiger partial charge in [0.05, 0.1) is 11.7 Å². The van der Waals surface area contributed by atoms with Gasteiger partial charge in [0.15, 0.2) is 0 Å². The van der Waals surface area contributed by atoms with E-state index in [2.05, 4.69) is 44.5 Å². The van der Waals surface area contributed by atoms with Crippen molar-refractivity contribution in [3.05, 3.63) is 30.3 Å². The van der Waals surface area contributed by atoms with Crippen molar-refractivity contribution >= 4 is 11.9 Å². The van der Waals surface area contributed by atoms with Crippen LogP contribution in [0.25, 0.3) is 5.69 Å². The van der Waals surface area contributed by atoms with Gasteiger partial charge in [-0.25, -0.2) is 0 Å². The second-order valence-electron chi connectivity index (χ2n) is 8.81. The van der Waals surface area contributed by atoms with Gasteiger partial charge in [0.25, 0.3) is 0 Å². The Morgan fingerprint density at radius 1 is 1.10 bits per heavy atom. The van der Waals surface area contributed by atoms with Crippen molar-refractivity contribution in [1.29, 1.82) is 0 Å². The number of anilines is 1. The molecule has 1 aliphatic heterocycles. The van der Waals surface area contributed by atoms with Gasteiger partial charge in [0.1, 0.15) is 0 Å². The van der Waals surface area contributed by atoms with Crippen molar-refractivity contribution in [2.75, 3.05) is 31.1 Å². The minimum absolute atomic E-state index is 0.123. The molecule has 30 heavy (non-hydrogen) atoms. The summed E-state index contributed by atoms with van der Waals surface area (Å²) in [4.78, 5) is 17.4. The maximum atomic E-state index is 12.9. The molecule has 1 saturated heterocycles. The van der Waals surface area contributed by atoms with Crippen molar-refractivity contribution in [2.45, 2.75) is 52.1 Å². The van der Waals surface area contributed by atoms with Crippen LogP contribution in [0.15, 0.2) is 30.3 Å². The number of carbonyl (C=O) groups is 1. The van der Waals surface area contributed by atoms with Crippen LogP contribution in [-0.2, 0) is 4.79 Å². The van der Waals surface area contributed by atoms with E-state index in [1.807, 2.05) is 37.3 Å². The van der Waals surface area contributed by atoms with Crippen molar-refractivity contribution in [2.24, 2.45) is 11.8 Å². The first kappa shape index (κ1) is 20.8. The number of carbonyl (C=O) groups excluding carboxylic acids is 1. The third-order valence-electron chi connectivity index (χ3n) is 7.01. The lowest BCUT2D eigenvalue weighted by Gasteiger charge is -2.39. The van der Waals surface area contributed by atoms with Gasteiger partial charge in [-0.2, -0.15) is 4.68 Å². The Morgan fingerprint density at radius 3 is 2.57 bits per heavy atom. The van der Waals surface area contributed by atoms with Crippen molar-refractivity contribution in [3.63, 3.8) is 0 Å². The lowest BCUT2D eigenvalue weighted by atomic mass is 9.78. The summed E-state index contributed by atoms with van der Waals surface area (Å²) in [5.41, 5.74) is 0.948. The molecule has 8 nitrogen and oxygen atoms in total. The number of para-hydroxylation sites is 1. The van der Waals surface area contributed by atoms with Crippen LogP contribution in [0, 0.1) is 11.8 Å². The van der Waals surface area contributed by atoms with Gasteiger partial charge in [0.2, 0.25) is 11.9 Å². The third kappa shape index (κ3) is 4.33. The van der Waals surface area contributed by atoms with Crippen LogP contribution in [0.2, 0.25) is 0 Å². The number of aromatic nitrogens is 4. The Bertz CT molecular complexity index is 831. The predicted octanol–water partition coefficient (Wildman–Crippen LogP) is 2.11. The van der Waals surface area contributed by atoms with E-state index < -0.39 is 0 Å². The number of nitrogens with zero attached hydrogens (tertiary/aromatic N) is 6. The van der Waals surface area contributed by atoms with Crippen LogP contribution >= 0.6 is 0 Å². The van der Waals surface area contributed by atoms with E-state index in [9.17, 15) is 4.79 Å². The smallest absolute Gasteiger partial charge is 0.250 e. The molecule has 0 radical (unpaired) electrons. The van der Waals surface area contributed by atoms with Crippen LogP contribution < -0.4 is 10.2 Å². The maximum absolute atomic E-state index is 12.9.